The molecule has 0 bridgehead atoms. The molecule has 0 unspecified atom stereocenters. The molecule has 4 N–H and O–H groups in total. The summed E-state index contributed by atoms with van der Waals surface area (Å²) >= 11 is 6.77. The van der Waals surface area contributed by atoms with Crippen LogP contribution >= 0.6 is 31.9 Å². The molecule has 8 aromatic carbocycles. The van der Waals surface area contributed by atoms with Gasteiger partial charge in [0.25, 0.3) is 11.8 Å². The van der Waals surface area contributed by atoms with Gasteiger partial charge in [0.2, 0.25) is 0 Å². The van der Waals surface area contributed by atoms with Gasteiger partial charge in [-0.3, -0.25) is 14.4 Å². The SMILES string of the molecule is O=C1c2cc(N=Nc3c(O)c(C(=O)Nc4ccc(Br)cc4)cc4ccccc34)ccc2-c2ccc(N=Nc3c(O)c(C(=O)Nc4ccc(Br)cc4)cc4ccccc34)cc21. The lowest BCUT2D eigenvalue weighted by Crippen LogP contribution is -2.12. The Morgan fingerprint density at radius 3 is 1.28 bits per heavy atom. The summed E-state index contributed by atoms with van der Waals surface area (Å²) in [6, 6.07) is 42.0. The highest BCUT2D eigenvalue weighted by Gasteiger charge is 2.28. The van der Waals surface area contributed by atoms with Crippen LogP contribution in [0.25, 0.3) is 32.7 Å². The standard InChI is InChI=1S/C47H28Br2N6O5/c48-27-9-13-29(14-10-27)50-46(59)39-21-25-5-1-3-7-33(25)41(44(39)57)54-52-31-17-19-35-36-20-18-32(24-38(36)43(56)37(35)23-31)53-55-42-34-8-4-2-6-26(34)22-40(45(42)58)47(60)51-30-15-11-28(49)12-16-30/h1-24,57-58H,(H,50,59)(H,51,60). The maximum absolute atomic E-state index is 13.9. The quantitative estimate of drug-likeness (QED) is 0.111. The lowest BCUT2D eigenvalue weighted by Gasteiger charge is -2.11. The van der Waals surface area contributed by atoms with Crippen LogP contribution in [0, 0.1) is 0 Å². The van der Waals surface area contributed by atoms with Crippen LogP contribution in [0.2, 0.25) is 0 Å². The predicted octanol–water partition coefficient (Wildman–Crippen LogP) is 13.5. The van der Waals surface area contributed by atoms with Gasteiger partial charge < -0.3 is 20.8 Å². The first-order chi connectivity index (χ1) is 29.1. The van der Waals surface area contributed by atoms with Crippen molar-refractivity contribution in [3.8, 4) is 22.6 Å². The second-order valence-corrected chi connectivity index (χ2v) is 15.6. The molecule has 9 rings (SSSR count). The van der Waals surface area contributed by atoms with Gasteiger partial charge in [-0.15, -0.1) is 10.2 Å². The van der Waals surface area contributed by atoms with Crippen molar-refractivity contribution < 1.29 is 24.6 Å². The van der Waals surface area contributed by atoms with E-state index in [4.69, 9.17) is 0 Å². The number of benzene rings is 8. The van der Waals surface area contributed by atoms with Crippen LogP contribution in [0.4, 0.5) is 34.1 Å². The van der Waals surface area contributed by atoms with Crippen molar-refractivity contribution in [2.75, 3.05) is 10.6 Å². The van der Waals surface area contributed by atoms with Gasteiger partial charge >= 0.3 is 0 Å². The predicted molar refractivity (Wildman–Crippen MR) is 239 cm³/mol. The Morgan fingerprint density at radius 2 is 0.867 bits per heavy atom. The lowest BCUT2D eigenvalue weighted by atomic mass is 10.0. The van der Waals surface area contributed by atoms with Crippen molar-refractivity contribution in [3.63, 3.8) is 0 Å². The number of phenols is 2. The zero-order chi connectivity index (χ0) is 41.5. The minimum atomic E-state index is -0.518. The van der Waals surface area contributed by atoms with E-state index in [9.17, 15) is 24.6 Å². The van der Waals surface area contributed by atoms with Gasteiger partial charge in [0.1, 0.15) is 11.4 Å². The fourth-order valence-electron chi connectivity index (χ4n) is 7.04. The monoisotopic (exact) mass is 914 g/mol. The van der Waals surface area contributed by atoms with Crippen LogP contribution in [0.5, 0.6) is 11.5 Å². The number of azo groups is 2. The summed E-state index contributed by atoms with van der Waals surface area (Å²) < 4.78 is 1.72. The molecule has 2 amide bonds. The van der Waals surface area contributed by atoms with Gasteiger partial charge in [0, 0.05) is 42.2 Å². The maximum Gasteiger partial charge on any atom is 0.259 e. The Morgan fingerprint density at radius 1 is 0.467 bits per heavy atom. The van der Waals surface area contributed by atoms with Crippen molar-refractivity contribution in [1.29, 1.82) is 0 Å². The molecule has 11 nitrogen and oxygen atoms in total. The summed E-state index contributed by atoms with van der Waals surface area (Å²) in [6.45, 7) is 0. The molecule has 60 heavy (non-hydrogen) atoms. The number of ketones is 1. The number of nitrogens with zero attached hydrogens (tertiary/aromatic N) is 4. The van der Waals surface area contributed by atoms with Crippen molar-refractivity contribution >= 4 is 105 Å². The molecule has 0 heterocycles. The third kappa shape index (κ3) is 7.31. The highest BCUT2D eigenvalue weighted by Crippen LogP contribution is 2.44. The van der Waals surface area contributed by atoms with E-state index >= 15 is 0 Å². The number of halogens is 2. The van der Waals surface area contributed by atoms with Crippen molar-refractivity contribution in [2.24, 2.45) is 20.5 Å². The summed E-state index contributed by atoms with van der Waals surface area (Å²) in [5, 5.41) is 48.5. The fourth-order valence-corrected chi connectivity index (χ4v) is 7.57. The number of carbonyl (C=O) groups is 3. The second kappa shape index (κ2) is 15.8. The number of aromatic hydroxyl groups is 2. The molecule has 8 aromatic rings. The molecule has 13 heteroatoms. The molecule has 0 aromatic heterocycles. The number of nitrogens with one attached hydrogen (secondary N) is 2. The third-order valence-electron chi connectivity index (χ3n) is 10.0. The number of carbonyl (C=O) groups excluding carboxylic acids is 3. The van der Waals surface area contributed by atoms with Crippen LogP contribution in [-0.2, 0) is 0 Å². The zero-order valence-corrected chi connectivity index (χ0v) is 34.2. The Hall–Kier alpha value is -7.35. The van der Waals surface area contributed by atoms with Gasteiger partial charge in [-0.05, 0) is 107 Å². The largest absolute Gasteiger partial charge is 0.505 e. The van der Waals surface area contributed by atoms with E-state index in [0.29, 0.717) is 66.5 Å². The van der Waals surface area contributed by atoms with Crippen LogP contribution in [-0.4, -0.2) is 27.8 Å². The molecule has 1 aliphatic carbocycles. The van der Waals surface area contributed by atoms with Crippen LogP contribution in [0.3, 0.4) is 0 Å². The van der Waals surface area contributed by atoms with E-state index in [0.717, 1.165) is 8.95 Å². The number of hydrogen-bond donors (Lipinski definition) is 4. The lowest BCUT2D eigenvalue weighted by molar-refractivity contribution is 0.101. The van der Waals surface area contributed by atoms with Crippen molar-refractivity contribution in [2.45, 2.75) is 0 Å². The second-order valence-electron chi connectivity index (χ2n) is 13.8. The Kier molecular flexibility index (Phi) is 10.0. The molecule has 0 fully saturated rings. The Bertz CT molecular complexity index is 2940. The molecule has 0 spiro atoms. The molecule has 0 saturated carbocycles. The maximum atomic E-state index is 13.9. The number of anilines is 2. The minimum absolute atomic E-state index is 0.0245. The van der Waals surface area contributed by atoms with E-state index in [1.54, 1.807) is 121 Å². The minimum Gasteiger partial charge on any atom is -0.505 e. The van der Waals surface area contributed by atoms with E-state index in [1.165, 1.54) is 0 Å². The number of rotatable bonds is 8. The molecular formula is C47H28Br2N6O5. The van der Waals surface area contributed by atoms with E-state index < -0.39 is 11.8 Å². The van der Waals surface area contributed by atoms with Crippen LogP contribution < -0.4 is 10.6 Å². The third-order valence-corrected chi connectivity index (χ3v) is 11.1. The van der Waals surface area contributed by atoms with Crippen molar-refractivity contribution in [3.05, 3.63) is 177 Å². The van der Waals surface area contributed by atoms with E-state index in [-0.39, 0.29) is 39.8 Å². The highest BCUT2D eigenvalue weighted by molar-refractivity contribution is 9.10. The van der Waals surface area contributed by atoms with Gasteiger partial charge in [-0.1, -0.05) is 92.5 Å². The van der Waals surface area contributed by atoms with E-state index in [1.807, 2.05) is 24.3 Å². The molecule has 0 radical (unpaired) electrons. The number of fused-ring (bicyclic) bond motifs is 5. The number of amides is 2. The molecule has 0 atom stereocenters. The van der Waals surface area contributed by atoms with Crippen molar-refractivity contribution in [1.82, 2.24) is 0 Å². The average molecular weight is 917 g/mol. The Balaban J connectivity index is 0.989. The van der Waals surface area contributed by atoms with Gasteiger partial charge in [-0.2, -0.15) is 10.2 Å². The Labute approximate surface area is 358 Å². The highest BCUT2D eigenvalue weighted by atomic mass is 79.9. The number of phenolic OH excluding ortho intramolecular Hbond substituents is 2. The first kappa shape index (κ1) is 38.2. The average Bonchev–Trinajstić information content (AvgIpc) is 3.53. The zero-order valence-electron chi connectivity index (χ0n) is 31.0. The van der Waals surface area contributed by atoms with Crippen LogP contribution in [0.1, 0.15) is 36.6 Å². The van der Waals surface area contributed by atoms with Gasteiger partial charge in [0.15, 0.2) is 17.3 Å². The molecular weight excluding hydrogens is 888 g/mol. The topological polar surface area (TPSA) is 165 Å². The fraction of sp³-hybridized carbons (Fsp3) is 0. The summed E-state index contributed by atoms with van der Waals surface area (Å²) in [6.07, 6.45) is 0. The normalized spacial score (nSPS) is 12.0. The number of hydrogen-bond acceptors (Lipinski definition) is 9. The molecule has 0 saturated heterocycles. The van der Waals surface area contributed by atoms with Gasteiger partial charge in [0.05, 0.1) is 22.5 Å². The summed E-state index contributed by atoms with van der Waals surface area (Å²) in [4.78, 5) is 40.5. The smallest absolute Gasteiger partial charge is 0.259 e. The summed E-state index contributed by atoms with van der Waals surface area (Å²) in [5.74, 6) is -1.97. The van der Waals surface area contributed by atoms with Gasteiger partial charge in [-0.25, -0.2) is 0 Å². The summed E-state index contributed by atoms with van der Waals surface area (Å²) in [5.41, 5.74) is 4.28. The molecule has 0 aliphatic heterocycles. The first-order valence-corrected chi connectivity index (χ1v) is 20.0. The van der Waals surface area contributed by atoms with E-state index in [2.05, 4.69) is 63.0 Å². The van der Waals surface area contributed by atoms with Crippen LogP contribution in [0.15, 0.2) is 175 Å². The first-order valence-electron chi connectivity index (χ1n) is 18.4. The molecule has 1 aliphatic rings. The molecule has 290 valence electrons. The summed E-state index contributed by atoms with van der Waals surface area (Å²) in [7, 11) is 0.